The number of hydrogen-bond donors (Lipinski definition) is 9. The van der Waals surface area contributed by atoms with Crippen LogP contribution in [0, 0.1) is 0 Å². The van der Waals surface area contributed by atoms with Gasteiger partial charge in [0.1, 0.15) is 6.61 Å². The monoisotopic (exact) mass is 1880 g/mol. The average molecular weight is 1880 g/mol. The largest absolute Gasteiger partial charge is 0.380 e. The van der Waals surface area contributed by atoms with Crippen LogP contribution in [-0.2, 0) is 114 Å². The first kappa shape index (κ1) is 169. The Hall–Kier alpha value is -2.26. The minimum absolute atomic E-state index is 0. The number of nitrogens with one attached hydrogen (secondary N) is 2. The standard InChI is InChI=1S/C12H27NO3.C12H19NO2.C12H27NO2.C9H20O2.C8H19NO2.2C7H17NO3.C7H17NO2.C6H15NO2.C5H11NO3.10CH4/c1-3-14-12(15-4-2)10-8-6-5-7-9-11-16-13;1-3-14-12(15-4-2)10-13-11-8-6-5-7-9-11;1-3-14-12(15-4-2)10-8-6-5-7-9-11-13;1-4-7-8-9(10-5-2)11-6-3;1-3-10-8(11-4-2)6-5-7-9;1-4-9-7(10-5-2)6-11-8-3;1-3-9-7(10-4-2)5-6-11-8;1-3-9-7(5-6-8)10-4-2;1-3-8-6(5-7)9-4-2;6-9-2-1-5-7-3-4-8-5;;;;;;;;;;/h12H,3-11,13H2,1-2H3;5-9,12-13H,3-4,10H2,1-2H3;12H,3-11,13H2,1-2H3;9H,4-8H2,1-3H3;8H,3-7,9H2,1-2H3;7-8H,4-6H2,1-3H3;7H,3-6,8H2,1-2H3;7H,3-6,8H2,1-2H3;6H,3-5,7H2,1-2H3;5H,1-4,6H2;10*1H4. The van der Waals surface area contributed by atoms with E-state index in [1.807, 2.05) is 155 Å². The van der Waals surface area contributed by atoms with Gasteiger partial charge in [-0.1, -0.05) is 144 Å². The Morgan fingerprint density at radius 1 is 0.297 bits per heavy atom. The van der Waals surface area contributed by atoms with Gasteiger partial charge in [-0.2, -0.15) is 0 Å². The molecule has 1 aromatic carbocycles. The lowest BCUT2D eigenvalue weighted by atomic mass is 10.1. The van der Waals surface area contributed by atoms with Crippen molar-refractivity contribution in [1.82, 2.24) is 5.48 Å². The SMILES string of the molecule is C.C.C.C.C.C.C.C.C.C.CCCCC(OCC)OCC.CCOC(CCCCCCCN)OCC.CCOC(CCCCCCCON)OCC.CCOC(CCCN)OCC.CCOC(CCN)OCC.CCOC(CCON)OCC.CCOC(CN)OCC.CCOC(CNc1ccccc1)OCC.CCOC(CONC)OCC.NOCCC1OCCO1. The molecule has 0 spiro atoms. The first-order valence-corrected chi connectivity index (χ1v) is 44.7. The Kier molecular flexibility index (Phi) is 205. The van der Waals surface area contributed by atoms with E-state index in [2.05, 4.69) is 32.2 Å². The first-order valence-electron chi connectivity index (χ1n) is 44.7. The molecule has 0 amide bonds. The quantitative estimate of drug-likeness (QED) is 0.0166. The number of nitrogens with two attached hydrogens (primary N) is 7. The lowest BCUT2D eigenvalue weighted by molar-refractivity contribution is -0.177. The zero-order valence-corrected chi connectivity index (χ0v) is 78.6. The van der Waals surface area contributed by atoms with Crippen molar-refractivity contribution in [3.63, 3.8) is 0 Å². The number of unbranched alkanes of at least 4 members (excludes halogenated alkanes) is 9. The smallest absolute Gasteiger partial charge is 0.182 e. The molecular formula is C95H229N9O24. The molecule has 0 unspecified atom stereocenters. The Labute approximate surface area is 793 Å². The van der Waals surface area contributed by atoms with Gasteiger partial charge in [-0.3, -0.25) is 4.84 Å². The van der Waals surface area contributed by atoms with Crippen LogP contribution in [0.25, 0.3) is 0 Å². The highest BCUT2D eigenvalue weighted by Crippen LogP contribution is 2.14. The average Bonchev–Trinajstić information content (AvgIpc) is 1.57. The molecule has 0 aromatic heterocycles. The van der Waals surface area contributed by atoms with Crippen LogP contribution in [0.3, 0.4) is 0 Å². The van der Waals surface area contributed by atoms with Crippen LogP contribution in [0.4, 0.5) is 5.69 Å². The van der Waals surface area contributed by atoms with E-state index in [4.69, 9.17) is 140 Å². The predicted molar refractivity (Wildman–Crippen MR) is 541 cm³/mol. The van der Waals surface area contributed by atoms with Gasteiger partial charge < -0.3 is 138 Å². The van der Waals surface area contributed by atoms with Crippen molar-refractivity contribution in [1.29, 1.82) is 0 Å². The van der Waals surface area contributed by atoms with Crippen LogP contribution in [-0.4, -0.2) is 261 Å². The normalized spacial score (nSPS) is 10.8. The van der Waals surface area contributed by atoms with E-state index in [0.29, 0.717) is 152 Å². The highest BCUT2D eigenvalue weighted by molar-refractivity contribution is 5.42. The van der Waals surface area contributed by atoms with Crippen LogP contribution >= 0.6 is 0 Å². The summed E-state index contributed by atoms with van der Waals surface area (Å²) in [6.07, 6.45) is 20.5. The molecule has 16 N–H and O–H groups in total. The molecule has 1 heterocycles. The minimum atomic E-state index is -0.252. The highest BCUT2D eigenvalue weighted by Gasteiger charge is 2.16. The summed E-state index contributed by atoms with van der Waals surface area (Å²) in [5.74, 6) is 14.6. The molecule has 0 saturated carbocycles. The van der Waals surface area contributed by atoms with Crippen molar-refractivity contribution in [2.75, 3.05) is 204 Å². The molecule has 0 atom stereocenters. The lowest BCUT2D eigenvalue weighted by Crippen LogP contribution is -2.26. The fourth-order valence-electron chi connectivity index (χ4n) is 9.74. The number of benzene rings is 1. The Morgan fingerprint density at radius 2 is 0.578 bits per heavy atom. The molecule has 128 heavy (non-hydrogen) atoms. The summed E-state index contributed by atoms with van der Waals surface area (Å²) < 4.78 is 106. The van der Waals surface area contributed by atoms with Crippen molar-refractivity contribution >= 4 is 5.69 Å². The topological polar surface area (TPSA) is 428 Å². The summed E-state index contributed by atoms with van der Waals surface area (Å²) in [4.78, 5) is 18.2. The van der Waals surface area contributed by atoms with E-state index in [1.54, 1.807) is 7.05 Å². The molecule has 0 aliphatic carbocycles. The van der Waals surface area contributed by atoms with Crippen LogP contribution in [0.15, 0.2) is 30.3 Å². The fraction of sp³-hybridized carbons (Fsp3) is 0.937. The third kappa shape index (κ3) is 144. The number of anilines is 1. The van der Waals surface area contributed by atoms with Crippen molar-refractivity contribution < 1.29 is 114 Å². The van der Waals surface area contributed by atoms with Crippen molar-refractivity contribution in [2.24, 2.45) is 40.6 Å². The van der Waals surface area contributed by atoms with Gasteiger partial charge in [0.25, 0.3) is 0 Å². The predicted octanol–water partition coefficient (Wildman–Crippen LogP) is 19.8. The van der Waals surface area contributed by atoms with E-state index >= 15 is 0 Å². The summed E-state index contributed by atoms with van der Waals surface area (Å²) in [6, 6.07) is 10.0. The summed E-state index contributed by atoms with van der Waals surface area (Å²) in [5.41, 5.74) is 25.1. The number of ether oxygens (including phenoxy) is 20. The van der Waals surface area contributed by atoms with Gasteiger partial charge in [0.05, 0.1) is 39.6 Å². The second kappa shape index (κ2) is 156. The molecule has 798 valence electrons. The minimum Gasteiger partial charge on any atom is -0.380 e. The third-order valence-electron chi connectivity index (χ3n) is 15.0. The Balaban J connectivity index is -0.0000000654. The lowest BCUT2D eigenvalue weighted by Gasteiger charge is -2.17. The molecule has 1 saturated heterocycles. The van der Waals surface area contributed by atoms with Gasteiger partial charge in [0.15, 0.2) is 62.9 Å². The third-order valence-corrected chi connectivity index (χ3v) is 15.0. The second-order valence-corrected chi connectivity index (χ2v) is 24.5. The highest BCUT2D eigenvalue weighted by atomic mass is 16.7. The maximum absolute atomic E-state index is 5.47. The molecule has 1 aliphatic rings. The molecule has 0 bridgehead atoms. The van der Waals surface area contributed by atoms with Crippen LogP contribution < -0.4 is 51.4 Å². The van der Waals surface area contributed by atoms with Gasteiger partial charge in [-0.25, -0.2) is 23.2 Å². The number of para-hydroxylation sites is 1. The zero-order chi connectivity index (χ0) is 89.9. The molecule has 1 aromatic rings. The molecule has 33 nitrogen and oxygen atoms in total. The Bertz CT molecular complexity index is 1680. The van der Waals surface area contributed by atoms with E-state index in [9.17, 15) is 0 Å². The van der Waals surface area contributed by atoms with Gasteiger partial charge in [0, 0.05) is 157 Å². The van der Waals surface area contributed by atoms with E-state index < -0.39 is 0 Å². The maximum Gasteiger partial charge on any atom is 0.182 e. The van der Waals surface area contributed by atoms with Gasteiger partial charge in [-0.15, -0.1) is 0 Å². The summed E-state index contributed by atoms with van der Waals surface area (Å²) in [5, 5.41) is 3.26. The van der Waals surface area contributed by atoms with Crippen LogP contribution in [0.2, 0.25) is 0 Å². The molecular weight excluding hydrogens is 1650 g/mol. The Morgan fingerprint density at radius 3 is 0.883 bits per heavy atom. The van der Waals surface area contributed by atoms with Crippen LogP contribution in [0.5, 0.6) is 0 Å². The molecule has 1 fully saturated rings. The fourth-order valence-corrected chi connectivity index (χ4v) is 9.74. The summed E-state index contributed by atoms with van der Waals surface area (Å²) in [6.45, 7) is 56.5. The van der Waals surface area contributed by atoms with Crippen molar-refractivity contribution in [3.05, 3.63) is 30.3 Å². The molecule has 33 heteroatoms. The second-order valence-electron chi connectivity index (χ2n) is 24.5. The number of hydroxylamine groups is 1. The van der Waals surface area contributed by atoms with Crippen LogP contribution in [0.1, 0.15) is 334 Å². The van der Waals surface area contributed by atoms with Gasteiger partial charge in [-0.05, 0) is 221 Å². The first-order chi connectivity index (χ1) is 57.6. The van der Waals surface area contributed by atoms with Gasteiger partial charge in [0.2, 0.25) is 0 Å². The summed E-state index contributed by atoms with van der Waals surface area (Å²) >= 11 is 0. The number of hydrogen-bond acceptors (Lipinski definition) is 33. The molecule has 0 radical (unpaired) electrons. The molecule has 2 rings (SSSR count). The maximum atomic E-state index is 5.47. The zero-order valence-electron chi connectivity index (χ0n) is 78.6. The van der Waals surface area contributed by atoms with E-state index in [0.717, 1.165) is 116 Å². The van der Waals surface area contributed by atoms with Crippen molar-refractivity contribution in [2.45, 2.75) is 397 Å². The van der Waals surface area contributed by atoms with Gasteiger partial charge >= 0.3 is 0 Å². The van der Waals surface area contributed by atoms with Crippen molar-refractivity contribution in [3.8, 4) is 0 Å². The van der Waals surface area contributed by atoms with E-state index in [-0.39, 0.29) is 137 Å². The number of rotatable bonds is 72. The molecule has 1 aliphatic heterocycles. The van der Waals surface area contributed by atoms with E-state index in [1.165, 1.54) is 57.8 Å². The summed E-state index contributed by atoms with van der Waals surface area (Å²) in [7, 11) is 1.70.